The standard InChI is InChI=1S/C17H21ClFNO3/c18-13-4-2-5-14(19)12(13)9-17(22)20-7-8-23-10-15(20)11-3-1-6-16(11)21/h2,4-5,11,15-16,21H,1,3,6-10H2/t11-,15-,16-/m1/s1. The smallest absolute Gasteiger partial charge is 0.227 e. The molecule has 126 valence electrons. The molecule has 0 unspecified atom stereocenters. The number of hydrogen-bond acceptors (Lipinski definition) is 3. The third kappa shape index (κ3) is 3.52. The highest BCUT2D eigenvalue weighted by Gasteiger charge is 2.39. The Kier molecular flexibility index (Phi) is 5.19. The van der Waals surface area contributed by atoms with E-state index >= 15 is 0 Å². The number of amides is 1. The van der Waals surface area contributed by atoms with Crippen molar-refractivity contribution in [3.8, 4) is 0 Å². The Bertz CT molecular complexity index is 563. The fourth-order valence-corrected chi connectivity index (χ4v) is 3.89. The van der Waals surface area contributed by atoms with Crippen LogP contribution in [0.1, 0.15) is 24.8 Å². The fraction of sp³-hybridized carbons (Fsp3) is 0.588. The van der Waals surface area contributed by atoms with Gasteiger partial charge in [-0.3, -0.25) is 4.79 Å². The number of halogens is 2. The Balaban J connectivity index is 1.76. The number of aliphatic hydroxyl groups is 1. The van der Waals surface area contributed by atoms with Gasteiger partial charge in [0, 0.05) is 23.0 Å². The molecule has 1 aliphatic carbocycles. The van der Waals surface area contributed by atoms with Crippen molar-refractivity contribution in [3.05, 3.63) is 34.6 Å². The second-order valence-electron chi connectivity index (χ2n) is 6.27. The lowest BCUT2D eigenvalue weighted by Crippen LogP contribution is -2.54. The maximum atomic E-state index is 13.9. The first-order valence-corrected chi connectivity index (χ1v) is 8.44. The molecule has 1 aromatic rings. The fourth-order valence-electron chi connectivity index (χ4n) is 3.66. The van der Waals surface area contributed by atoms with Crippen molar-refractivity contribution in [2.45, 2.75) is 37.8 Å². The highest BCUT2D eigenvalue weighted by Crippen LogP contribution is 2.32. The van der Waals surface area contributed by atoms with Crippen LogP contribution in [0.4, 0.5) is 4.39 Å². The van der Waals surface area contributed by atoms with Crippen LogP contribution in [0.3, 0.4) is 0 Å². The molecular formula is C17H21ClFNO3. The molecule has 3 atom stereocenters. The normalized spacial score (nSPS) is 28.1. The summed E-state index contributed by atoms with van der Waals surface area (Å²) in [4.78, 5) is 14.5. The van der Waals surface area contributed by atoms with Gasteiger partial charge in [-0.15, -0.1) is 0 Å². The predicted molar refractivity (Wildman–Crippen MR) is 84.8 cm³/mol. The molecule has 1 aromatic carbocycles. The van der Waals surface area contributed by atoms with Gasteiger partial charge >= 0.3 is 0 Å². The topological polar surface area (TPSA) is 49.8 Å². The van der Waals surface area contributed by atoms with Crippen LogP contribution in [-0.4, -0.2) is 47.8 Å². The third-order valence-electron chi connectivity index (χ3n) is 4.90. The average molecular weight is 342 g/mol. The van der Waals surface area contributed by atoms with Crippen LogP contribution in [0.5, 0.6) is 0 Å². The van der Waals surface area contributed by atoms with Gasteiger partial charge in [0.05, 0.1) is 31.8 Å². The molecule has 1 aliphatic heterocycles. The minimum atomic E-state index is -0.462. The van der Waals surface area contributed by atoms with Gasteiger partial charge in [-0.2, -0.15) is 0 Å². The van der Waals surface area contributed by atoms with Crippen molar-refractivity contribution in [1.29, 1.82) is 0 Å². The number of ether oxygens (including phenoxy) is 1. The van der Waals surface area contributed by atoms with E-state index in [2.05, 4.69) is 0 Å². The van der Waals surface area contributed by atoms with Gasteiger partial charge in [-0.05, 0) is 25.0 Å². The summed E-state index contributed by atoms with van der Waals surface area (Å²) in [5.74, 6) is -0.587. The Hall–Kier alpha value is -1.17. The third-order valence-corrected chi connectivity index (χ3v) is 5.26. The van der Waals surface area contributed by atoms with Gasteiger partial charge in [0.15, 0.2) is 0 Å². The summed E-state index contributed by atoms with van der Waals surface area (Å²) >= 11 is 6.02. The van der Waals surface area contributed by atoms with Gasteiger partial charge < -0.3 is 14.7 Å². The lowest BCUT2D eigenvalue weighted by Gasteiger charge is -2.40. The summed E-state index contributed by atoms with van der Waals surface area (Å²) in [6.07, 6.45) is 2.16. The molecule has 1 saturated carbocycles. The second-order valence-corrected chi connectivity index (χ2v) is 6.68. The molecular weight excluding hydrogens is 321 g/mol. The average Bonchev–Trinajstić information content (AvgIpc) is 2.97. The minimum absolute atomic E-state index is 0.0374. The Morgan fingerprint density at radius 2 is 2.26 bits per heavy atom. The molecule has 1 amide bonds. The molecule has 2 fully saturated rings. The largest absolute Gasteiger partial charge is 0.393 e. The van der Waals surface area contributed by atoms with Gasteiger partial charge in [0.25, 0.3) is 0 Å². The molecule has 3 rings (SSSR count). The molecule has 2 aliphatic rings. The summed E-state index contributed by atoms with van der Waals surface area (Å²) in [5.41, 5.74) is 0.233. The first-order valence-electron chi connectivity index (χ1n) is 8.06. The highest BCUT2D eigenvalue weighted by atomic mass is 35.5. The summed E-state index contributed by atoms with van der Waals surface area (Å²) in [6, 6.07) is 4.29. The Labute approximate surface area is 140 Å². The molecule has 23 heavy (non-hydrogen) atoms. The van der Waals surface area contributed by atoms with Crippen LogP contribution in [0.15, 0.2) is 18.2 Å². The molecule has 1 N–H and O–H groups in total. The van der Waals surface area contributed by atoms with Crippen LogP contribution in [0, 0.1) is 11.7 Å². The van der Waals surface area contributed by atoms with Gasteiger partial charge in [-0.1, -0.05) is 24.1 Å². The van der Waals surface area contributed by atoms with Crippen molar-refractivity contribution in [2.75, 3.05) is 19.8 Å². The van der Waals surface area contributed by atoms with Crippen LogP contribution in [-0.2, 0) is 16.0 Å². The van der Waals surface area contributed by atoms with Crippen molar-refractivity contribution in [1.82, 2.24) is 4.90 Å². The maximum Gasteiger partial charge on any atom is 0.227 e. The van der Waals surface area contributed by atoms with E-state index in [1.165, 1.54) is 12.1 Å². The number of morpholine rings is 1. The number of hydrogen-bond donors (Lipinski definition) is 1. The predicted octanol–water partition coefficient (Wildman–Crippen LogP) is 2.41. The number of carbonyl (C=O) groups excluding carboxylic acids is 1. The second kappa shape index (κ2) is 7.16. The van der Waals surface area contributed by atoms with Gasteiger partial charge in [0.2, 0.25) is 5.91 Å². The number of rotatable bonds is 3. The van der Waals surface area contributed by atoms with E-state index in [1.54, 1.807) is 11.0 Å². The number of aliphatic hydroxyl groups excluding tert-OH is 1. The summed E-state index contributed by atoms with van der Waals surface area (Å²) < 4.78 is 19.4. The van der Waals surface area contributed by atoms with Gasteiger partial charge in [0.1, 0.15) is 5.82 Å². The number of benzene rings is 1. The van der Waals surface area contributed by atoms with E-state index in [-0.39, 0.29) is 34.9 Å². The lowest BCUT2D eigenvalue weighted by atomic mass is 9.93. The molecule has 0 spiro atoms. The molecule has 4 nitrogen and oxygen atoms in total. The molecule has 0 bridgehead atoms. The highest BCUT2D eigenvalue weighted by molar-refractivity contribution is 6.31. The zero-order chi connectivity index (χ0) is 16.4. The Morgan fingerprint density at radius 1 is 1.43 bits per heavy atom. The summed E-state index contributed by atoms with van der Waals surface area (Å²) in [5, 5.41) is 10.4. The van der Waals surface area contributed by atoms with Crippen LogP contribution >= 0.6 is 11.6 Å². The molecule has 1 saturated heterocycles. The minimum Gasteiger partial charge on any atom is -0.393 e. The Morgan fingerprint density at radius 3 is 2.96 bits per heavy atom. The van der Waals surface area contributed by atoms with Crippen LogP contribution in [0.25, 0.3) is 0 Å². The van der Waals surface area contributed by atoms with E-state index in [1.807, 2.05) is 0 Å². The lowest BCUT2D eigenvalue weighted by molar-refractivity contribution is -0.143. The summed E-state index contributed by atoms with van der Waals surface area (Å²) in [7, 11) is 0. The monoisotopic (exact) mass is 341 g/mol. The van der Waals surface area contributed by atoms with E-state index in [0.717, 1.165) is 19.3 Å². The molecule has 0 aromatic heterocycles. The van der Waals surface area contributed by atoms with Gasteiger partial charge in [-0.25, -0.2) is 4.39 Å². The van der Waals surface area contributed by atoms with Crippen molar-refractivity contribution >= 4 is 17.5 Å². The summed E-state index contributed by atoms with van der Waals surface area (Å²) in [6.45, 7) is 1.37. The maximum absolute atomic E-state index is 13.9. The van der Waals surface area contributed by atoms with E-state index in [4.69, 9.17) is 16.3 Å². The molecule has 1 heterocycles. The van der Waals surface area contributed by atoms with Crippen molar-refractivity contribution in [2.24, 2.45) is 5.92 Å². The van der Waals surface area contributed by atoms with E-state index in [9.17, 15) is 14.3 Å². The van der Waals surface area contributed by atoms with Crippen molar-refractivity contribution < 1.29 is 19.0 Å². The van der Waals surface area contributed by atoms with Crippen molar-refractivity contribution in [3.63, 3.8) is 0 Å². The number of carbonyl (C=O) groups is 1. The number of nitrogens with zero attached hydrogens (tertiary/aromatic N) is 1. The quantitative estimate of drug-likeness (QED) is 0.918. The van der Waals surface area contributed by atoms with E-state index in [0.29, 0.717) is 19.8 Å². The zero-order valence-electron chi connectivity index (χ0n) is 12.9. The van der Waals surface area contributed by atoms with Crippen LogP contribution in [0.2, 0.25) is 5.02 Å². The van der Waals surface area contributed by atoms with Crippen LogP contribution < -0.4 is 0 Å². The SMILES string of the molecule is O=C(Cc1c(F)cccc1Cl)N1CCOC[C@@H]1[C@H]1CCC[C@H]1O. The zero-order valence-corrected chi connectivity index (χ0v) is 13.6. The first-order chi connectivity index (χ1) is 11.1. The molecule has 6 heteroatoms. The van der Waals surface area contributed by atoms with E-state index < -0.39 is 11.9 Å². The first kappa shape index (κ1) is 16.7. The molecule has 0 radical (unpaired) electrons.